The minimum absolute atomic E-state index is 0.247. The van der Waals surface area contributed by atoms with Crippen molar-refractivity contribution in [2.45, 2.75) is 12.8 Å². The molecule has 0 aromatic heterocycles. The molecule has 94 valence electrons. The van der Waals surface area contributed by atoms with Gasteiger partial charge in [0.1, 0.15) is 0 Å². The van der Waals surface area contributed by atoms with Crippen LogP contribution in [-0.4, -0.2) is 68.7 Å². The Kier molecular flexibility index (Phi) is 6.37. The van der Waals surface area contributed by atoms with E-state index in [-0.39, 0.29) is 5.91 Å². The smallest absolute Gasteiger partial charge is 0.222 e. The normalized spacial score (nSPS) is 17.8. The number of piperazine rings is 1. The van der Waals surface area contributed by atoms with Crippen LogP contribution in [0.4, 0.5) is 0 Å². The molecule has 1 heterocycles. The Morgan fingerprint density at radius 3 is 2.56 bits per heavy atom. The summed E-state index contributed by atoms with van der Waals surface area (Å²) in [4.78, 5) is 16.0. The lowest BCUT2D eigenvalue weighted by Crippen LogP contribution is -2.49. The predicted octanol–water partition coefficient (Wildman–Crippen LogP) is -0.484. The largest absolute Gasteiger partial charge is 0.383 e. The number of carbonyl (C=O) groups is 1. The van der Waals surface area contributed by atoms with Crippen LogP contribution in [0.2, 0.25) is 0 Å². The van der Waals surface area contributed by atoms with Crippen LogP contribution in [0.3, 0.4) is 0 Å². The molecule has 1 fully saturated rings. The molecule has 0 aromatic carbocycles. The number of rotatable bonds is 6. The van der Waals surface area contributed by atoms with Crippen molar-refractivity contribution in [3.63, 3.8) is 0 Å². The Hall–Kier alpha value is -0.650. The molecule has 0 aliphatic carbocycles. The van der Waals surface area contributed by atoms with Crippen molar-refractivity contribution < 1.29 is 9.53 Å². The van der Waals surface area contributed by atoms with Gasteiger partial charge in [-0.3, -0.25) is 9.69 Å². The van der Waals surface area contributed by atoms with Crippen molar-refractivity contribution in [3.8, 4) is 0 Å². The first kappa shape index (κ1) is 13.4. The zero-order chi connectivity index (χ0) is 11.8. The number of nitrogens with two attached hydrogens (primary N) is 1. The number of carbonyl (C=O) groups excluding carboxylic acids is 1. The predicted molar refractivity (Wildman–Crippen MR) is 63.2 cm³/mol. The maximum absolute atomic E-state index is 11.7. The maximum Gasteiger partial charge on any atom is 0.222 e. The van der Waals surface area contributed by atoms with E-state index in [0.29, 0.717) is 13.0 Å². The number of hydrogen-bond acceptors (Lipinski definition) is 4. The Morgan fingerprint density at radius 2 is 2.00 bits per heavy atom. The quantitative estimate of drug-likeness (QED) is 0.668. The van der Waals surface area contributed by atoms with Gasteiger partial charge in [0, 0.05) is 46.3 Å². The van der Waals surface area contributed by atoms with Crippen LogP contribution in [0.1, 0.15) is 12.8 Å². The first-order valence-electron chi connectivity index (χ1n) is 5.97. The summed E-state index contributed by atoms with van der Waals surface area (Å²) >= 11 is 0. The van der Waals surface area contributed by atoms with Gasteiger partial charge in [-0.15, -0.1) is 0 Å². The van der Waals surface area contributed by atoms with Crippen LogP contribution in [0, 0.1) is 0 Å². The lowest BCUT2D eigenvalue weighted by atomic mass is 10.2. The molecule has 0 spiro atoms. The molecule has 1 rings (SSSR count). The van der Waals surface area contributed by atoms with E-state index in [1.807, 2.05) is 4.90 Å². The molecule has 0 radical (unpaired) electrons. The van der Waals surface area contributed by atoms with Gasteiger partial charge in [-0.25, -0.2) is 0 Å². The van der Waals surface area contributed by atoms with Gasteiger partial charge >= 0.3 is 0 Å². The fraction of sp³-hybridized carbons (Fsp3) is 0.909. The minimum Gasteiger partial charge on any atom is -0.383 e. The molecule has 5 nitrogen and oxygen atoms in total. The molecule has 1 aliphatic heterocycles. The lowest BCUT2D eigenvalue weighted by Gasteiger charge is -2.34. The fourth-order valence-electron chi connectivity index (χ4n) is 1.85. The van der Waals surface area contributed by atoms with Gasteiger partial charge < -0.3 is 15.4 Å². The highest BCUT2D eigenvalue weighted by molar-refractivity contribution is 5.76. The minimum atomic E-state index is 0.247. The summed E-state index contributed by atoms with van der Waals surface area (Å²) in [5.74, 6) is 0.247. The van der Waals surface area contributed by atoms with Crippen molar-refractivity contribution in [3.05, 3.63) is 0 Å². The molecule has 16 heavy (non-hydrogen) atoms. The molecule has 0 unspecified atom stereocenters. The standard InChI is InChI=1S/C11H23N3O2/c1-16-10-9-13-5-7-14(8-6-13)11(15)3-2-4-12/h2-10,12H2,1H3. The van der Waals surface area contributed by atoms with E-state index in [2.05, 4.69) is 4.90 Å². The number of methoxy groups -OCH3 is 1. The monoisotopic (exact) mass is 229 g/mol. The second-order valence-corrected chi connectivity index (χ2v) is 4.11. The molecule has 1 aliphatic rings. The van der Waals surface area contributed by atoms with E-state index in [9.17, 15) is 4.79 Å². The van der Waals surface area contributed by atoms with Gasteiger partial charge in [-0.05, 0) is 13.0 Å². The van der Waals surface area contributed by atoms with Gasteiger partial charge in [-0.1, -0.05) is 0 Å². The zero-order valence-electron chi connectivity index (χ0n) is 10.2. The third-order valence-corrected chi connectivity index (χ3v) is 2.93. The Labute approximate surface area is 97.5 Å². The van der Waals surface area contributed by atoms with Gasteiger partial charge in [0.15, 0.2) is 0 Å². The molecule has 1 saturated heterocycles. The number of hydrogen-bond donors (Lipinski definition) is 1. The summed E-state index contributed by atoms with van der Waals surface area (Å²) in [5, 5.41) is 0. The first-order valence-corrected chi connectivity index (χ1v) is 5.97. The fourth-order valence-corrected chi connectivity index (χ4v) is 1.85. The van der Waals surface area contributed by atoms with Gasteiger partial charge in [0.05, 0.1) is 6.61 Å². The van der Waals surface area contributed by atoms with Crippen LogP contribution in [0.15, 0.2) is 0 Å². The SMILES string of the molecule is COCCN1CCN(C(=O)CCCN)CC1. The number of nitrogens with zero attached hydrogens (tertiary/aromatic N) is 2. The summed E-state index contributed by atoms with van der Waals surface area (Å²) in [7, 11) is 1.71. The molecular weight excluding hydrogens is 206 g/mol. The molecule has 0 atom stereocenters. The Bertz CT molecular complexity index is 203. The lowest BCUT2D eigenvalue weighted by molar-refractivity contribution is -0.133. The van der Waals surface area contributed by atoms with Crippen LogP contribution >= 0.6 is 0 Å². The third kappa shape index (κ3) is 4.47. The van der Waals surface area contributed by atoms with Gasteiger partial charge in [0.25, 0.3) is 0 Å². The van der Waals surface area contributed by atoms with E-state index in [0.717, 1.165) is 45.8 Å². The Balaban J connectivity index is 2.18. The molecule has 0 saturated carbocycles. The molecular formula is C11H23N3O2. The molecule has 5 heteroatoms. The maximum atomic E-state index is 11.7. The van der Waals surface area contributed by atoms with Crippen LogP contribution in [0.5, 0.6) is 0 Å². The Morgan fingerprint density at radius 1 is 1.31 bits per heavy atom. The topological polar surface area (TPSA) is 58.8 Å². The molecule has 0 bridgehead atoms. The molecule has 2 N–H and O–H groups in total. The van der Waals surface area contributed by atoms with Crippen LogP contribution < -0.4 is 5.73 Å². The van der Waals surface area contributed by atoms with Crippen LogP contribution in [0.25, 0.3) is 0 Å². The highest BCUT2D eigenvalue weighted by Gasteiger charge is 2.19. The summed E-state index contributed by atoms with van der Waals surface area (Å²) in [6, 6.07) is 0. The number of ether oxygens (including phenoxy) is 1. The summed E-state index contributed by atoms with van der Waals surface area (Å²) in [6.45, 7) is 5.91. The molecule has 0 aromatic rings. The van der Waals surface area contributed by atoms with Crippen molar-refractivity contribution in [1.82, 2.24) is 9.80 Å². The van der Waals surface area contributed by atoms with E-state index in [1.165, 1.54) is 0 Å². The van der Waals surface area contributed by atoms with Gasteiger partial charge in [0.2, 0.25) is 5.91 Å². The van der Waals surface area contributed by atoms with Crippen molar-refractivity contribution in [2.75, 3.05) is 53.0 Å². The van der Waals surface area contributed by atoms with Crippen molar-refractivity contribution in [2.24, 2.45) is 5.73 Å². The summed E-state index contributed by atoms with van der Waals surface area (Å²) in [6.07, 6.45) is 1.39. The van der Waals surface area contributed by atoms with Gasteiger partial charge in [-0.2, -0.15) is 0 Å². The van der Waals surface area contributed by atoms with E-state index in [1.54, 1.807) is 7.11 Å². The summed E-state index contributed by atoms with van der Waals surface area (Å²) in [5.41, 5.74) is 5.39. The third-order valence-electron chi connectivity index (χ3n) is 2.93. The number of amides is 1. The highest BCUT2D eigenvalue weighted by Crippen LogP contribution is 2.04. The first-order chi connectivity index (χ1) is 7.77. The average Bonchev–Trinajstić information content (AvgIpc) is 2.34. The highest BCUT2D eigenvalue weighted by atomic mass is 16.5. The van der Waals surface area contributed by atoms with E-state index in [4.69, 9.17) is 10.5 Å². The zero-order valence-corrected chi connectivity index (χ0v) is 10.2. The summed E-state index contributed by atoms with van der Waals surface area (Å²) < 4.78 is 5.04. The second-order valence-electron chi connectivity index (χ2n) is 4.11. The van der Waals surface area contributed by atoms with Crippen LogP contribution in [-0.2, 0) is 9.53 Å². The average molecular weight is 229 g/mol. The van der Waals surface area contributed by atoms with E-state index < -0.39 is 0 Å². The van der Waals surface area contributed by atoms with E-state index >= 15 is 0 Å². The van der Waals surface area contributed by atoms with Crippen molar-refractivity contribution >= 4 is 5.91 Å². The second kappa shape index (κ2) is 7.60. The van der Waals surface area contributed by atoms with Crippen molar-refractivity contribution in [1.29, 1.82) is 0 Å². The molecule has 1 amide bonds.